The van der Waals surface area contributed by atoms with Crippen molar-refractivity contribution in [3.8, 4) is 39.8 Å². The number of furan rings is 1. The Kier molecular flexibility index (Phi) is 8.72. The Balaban J connectivity index is 1.11. The second kappa shape index (κ2) is 13.8. The number of carbonyl (C=O) groups is 2. The number of aryl methyl sites for hydroxylation is 1. The van der Waals surface area contributed by atoms with Crippen molar-refractivity contribution >= 4 is 28.5 Å². The Morgan fingerprint density at radius 1 is 0.943 bits per heavy atom. The SMILES string of the molecule is CN(C)Cc1cccc(-c2c(-c3cnn(C)c3)oc3ncnc(Oc4ccc(NC(=O)c5cc6c(n(-c7ccccc7)c5=O)CCCC6=O)cc4)c23)c1. The summed E-state index contributed by atoms with van der Waals surface area (Å²) in [6, 6.07) is 25.5. The molecule has 12 nitrogen and oxygen atoms in total. The molecular weight excluding hydrogens is 670 g/mol. The zero-order valence-electron chi connectivity index (χ0n) is 29.4. The highest BCUT2D eigenvalue weighted by molar-refractivity contribution is 6.07. The summed E-state index contributed by atoms with van der Waals surface area (Å²) in [5, 5.41) is 7.78. The Morgan fingerprint density at radius 3 is 2.51 bits per heavy atom. The number of ether oxygens (including phenoxy) is 1. The maximum atomic E-state index is 13.8. The number of benzene rings is 3. The topological polar surface area (TPSA) is 137 Å². The molecule has 0 fully saturated rings. The minimum atomic E-state index is -0.616. The molecule has 8 rings (SSSR count). The second-order valence-electron chi connectivity index (χ2n) is 13.3. The van der Waals surface area contributed by atoms with Crippen LogP contribution in [0.4, 0.5) is 5.69 Å². The molecular formula is C41H35N7O5. The van der Waals surface area contributed by atoms with E-state index in [2.05, 4.69) is 37.4 Å². The molecule has 0 atom stereocenters. The van der Waals surface area contributed by atoms with Crippen molar-refractivity contribution in [2.24, 2.45) is 7.05 Å². The van der Waals surface area contributed by atoms with Crippen molar-refractivity contribution in [3.63, 3.8) is 0 Å². The first kappa shape index (κ1) is 33.5. The third kappa shape index (κ3) is 6.51. The van der Waals surface area contributed by atoms with Gasteiger partial charge in [0.1, 0.15) is 28.8 Å². The lowest BCUT2D eigenvalue weighted by molar-refractivity contribution is 0.0971. The monoisotopic (exact) mass is 705 g/mol. The van der Waals surface area contributed by atoms with Crippen LogP contribution in [0.2, 0.25) is 0 Å². The molecule has 3 aromatic carbocycles. The van der Waals surface area contributed by atoms with Gasteiger partial charge < -0.3 is 19.4 Å². The van der Waals surface area contributed by atoms with Crippen LogP contribution in [0.3, 0.4) is 0 Å². The molecule has 53 heavy (non-hydrogen) atoms. The highest BCUT2D eigenvalue weighted by atomic mass is 16.5. The summed E-state index contributed by atoms with van der Waals surface area (Å²) in [4.78, 5) is 51.4. The molecule has 12 heteroatoms. The van der Waals surface area contributed by atoms with Crippen molar-refractivity contribution in [3.05, 3.63) is 136 Å². The Bertz CT molecular complexity index is 2570. The lowest BCUT2D eigenvalue weighted by atomic mass is 9.92. The van der Waals surface area contributed by atoms with E-state index in [4.69, 9.17) is 9.15 Å². The van der Waals surface area contributed by atoms with Crippen molar-refractivity contribution in [1.29, 1.82) is 0 Å². The van der Waals surface area contributed by atoms with Gasteiger partial charge in [-0.05, 0) is 86.6 Å². The molecule has 0 bridgehead atoms. The highest BCUT2D eigenvalue weighted by Crippen LogP contribution is 2.44. The molecule has 0 spiro atoms. The number of anilines is 1. The largest absolute Gasteiger partial charge is 0.438 e. The number of ketones is 1. The van der Waals surface area contributed by atoms with Crippen molar-refractivity contribution < 1.29 is 18.7 Å². The zero-order valence-corrected chi connectivity index (χ0v) is 29.4. The number of Topliss-reactive ketones (excluding diaryl/α,β-unsaturated/α-hetero) is 1. The number of hydrogen-bond donors (Lipinski definition) is 1. The van der Waals surface area contributed by atoms with Gasteiger partial charge in [-0.15, -0.1) is 0 Å². The Labute approximate surface area is 304 Å². The summed E-state index contributed by atoms with van der Waals surface area (Å²) < 4.78 is 15.9. The summed E-state index contributed by atoms with van der Waals surface area (Å²) in [6.45, 7) is 0.752. The molecule has 0 radical (unpaired) electrons. The average Bonchev–Trinajstić information content (AvgIpc) is 3.77. The molecule has 264 valence electrons. The fraction of sp³-hybridized carbons (Fsp3) is 0.171. The number of aromatic nitrogens is 5. The van der Waals surface area contributed by atoms with Gasteiger partial charge in [-0.3, -0.25) is 23.6 Å². The first-order valence-corrected chi connectivity index (χ1v) is 17.2. The molecule has 0 unspecified atom stereocenters. The normalized spacial score (nSPS) is 12.6. The van der Waals surface area contributed by atoms with Gasteiger partial charge in [0.15, 0.2) is 5.78 Å². The lowest BCUT2D eigenvalue weighted by Gasteiger charge is -2.21. The number of rotatable bonds is 9. The van der Waals surface area contributed by atoms with Gasteiger partial charge in [-0.1, -0.05) is 36.4 Å². The van der Waals surface area contributed by atoms with Crippen LogP contribution in [0.15, 0.2) is 113 Å². The van der Waals surface area contributed by atoms with Gasteiger partial charge in [-0.25, -0.2) is 9.97 Å². The van der Waals surface area contributed by atoms with E-state index in [1.165, 1.54) is 17.0 Å². The first-order valence-electron chi connectivity index (χ1n) is 17.2. The van der Waals surface area contributed by atoms with Crippen molar-refractivity contribution in [2.75, 3.05) is 19.4 Å². The first-order chi connectivity index (χ1) is 25.7. The van der Waals surface area contributed by atoms with E-state index in [1.54, 1.807) is 47.3 Å². The minimum Gasteiger partial charge on any atom is -0.438 e. The third-order valence-electron chi connectivity index (χ3n) is 9.14. The molecule has 7 aromatic rings. The molecule has 0 saturated carbocycles. The maximum Gasteiger partial charge on any atom is 0.268 e. The van der Waals surface area contributed by atoms with Crippen LogP contribution in [0.5, 0.6) is 11.6 Å². The van der Waals surface area contributed by atoms with E-state index in [0.717, 1.165) is 28.8 Å². The second-order valence-corrected chi connectivity index (χ2v) is 13.3. The summed E-state index contributed by atoms with van der Waals surface area (Å²) in [5.74, 6) is 0.632. The number of para-hydroxylation sites is 1. The summed E-state index contributed by atoms with van der Waals surface area (Å²) >= 11 is 0. The van der Waals surface area contributed by atoms with Gasteiger partial charge in [0.2, 0.25) is 11.6 Å². The molecule has 0 saturated heterocycles. The van der Waals surface area contributed by atoms with Crippen LogP contribution >= 0.6 is 0 Å². The number of nitrogens with one attached hydrogen (secondary N) is 1. The summed E-state index contributed by atoms with van der Waals surface area (Å²) in [5.41, 5.74) is 5.42. The Hall–Kier alpha value is -6.66. The lowest BCUT2D eigenvalue weighted by Crippen LogP contribution is -2.33. The van der Waals surface area contributed by atoms with Crippen molar-refractivity contribution in [2.45, 2.75) is 25.8 Å². The molecule has 1 aliphatic rings. The molecule has 1 N–H and O–H groups in total. The van der Waals surface area contributed by atoms with E-state index in [9.17, 15) is 14.4 Å². The van der Waals surface area contributed by atoms with Gasteiger partial charge in [0.05, 0.1) is 11.8 Å². The van der Waals surface area contributed by atoms with E-state index < -0.39 is 11.5 Å². The maximum absolute atomic E-state index is 13.8. The van der Waals surface area contributed by atoms with Crippen LogP contribution in [0, 0.1) is 0 Å². The molecule has 4 aromatic heterocycles. The highest BCUT2D eigenvalue weighted by Gasteiger charge is 2.27. The number of pyridine rings is 1. The molecule has 4 heterocycles. The van der Waals surface area contributed by atoms with Crippen LogP contribution in [-0.2, 0) is 20.0 Å². The summed E-state index contributed by atoms with van der Waals surface area (Å²) in [6.07, 6.45) is 6.60. The van der Waals surface area contributed by atoms with E-state index >= 15 is 0 Å². The number of carbonyl (C=O) groups excluding carboxylic acids is 2. The fourth-order valence-corrected chi connectivity index (χ4v) is 6.81. The smallest absolute Gasteiger partial charge is 0.268 e. The van der Waals surface area contributed by atoms with Crippen LogP contribution in [0.25, 0.3) is 39.2 Å². The number of hydrogen-bond acceptors (Lipinski definition) is 9. The van der Waals surface area contributed by atoms with E-state index in [1.807, 2.05) is 57.7 Å². The van der Waals surface area contributed by atoms with Crippen LogP contribution in [-0.4, -0.2) is 55.0 Å². The van der Waals surface area contributed by atoms with Gasteiger partial charge in [-0.2, -0.15) is 5.10 Å². The van der Waals surface area contributed by atoms with Crippen molar-refractivity contribution in [1.82, 2.24) is 29.2 Å². The number of amides is 1. The van der Waals surface area contributed by atoms with E-state index in [-0.39, 0.29) is 11.3 Å². The quantitative estimate of drug-likeness (QED) is 0.167. The van der Waals surface area contributed by atoms with Crippen LogP contribution < -0.4 is 15.6 Å². The standard InChI is InChI=1S/C41H35N7O5/c1-46(2)22-25-9-7-10-26(19-25)35-36-39(42-24-43-40(36)53-37(35)27-21-44-47(3)23-27)52-30-17-15-28(16-18-30)45-38(50)32-20-31-33(13-8-14-34(31)49)48(41(32)51)29-11-5-4-6-12-29/h4-7,9-12,15-21,23-24H,8,13-14,22H2,1-3H3,(H,45,50). The summed E-state index contributed by atoms with van der Waals surface area (Å²) in [7, 11) is 5.89. The van der Waals surface area contributed by atoms with Gasteiger partial charge in [0, 0.05) is 54.4 Å². The van der Waals surface area contributed by atoms with Gasteiger partial charge in [0.25, 0.3) is 11.5 Å². The fourth-order valence-electron chi connectivity index (χ4n) is 6.81. The Morgan fingerprint density at radius 2 is 1.75 bits per heavy atom. The average molecular weight is 706 g/mol. The third-order valence-corrected chi connectivity index (χ3v) is 9.14. The molecule has 1 aliphatic carbocycles. The van der Waals surface area contributed by atoms with Gasteiger partial charge >= 0.3 is 0 Å². The van der Waals surface area contributed by atoms with E-state index in [0.29, 0.717) is 70.4 Å². The predicted octanol–water partition coefficient (Wildman–Crippen LogP) is 7.07. The molecule has 1 amide bonds. The predicted molar refractivity (Wildman–Crippen MR) is 201 cm³/mol. The number of nitrogens with zero attached hydrogens (tertiary/aromatic N) is 6. The zero-order chi connectivity index (χ0) is 36.6. The van der Waals surface area contributed by atoms with Crippen LogP contribution in [0.1, 0.15) is 44.8 Å². The molecule has 0 aliphatic heterocycles. The number of fused-ring (bicyclic) bond motifs is 2. The minimum absolute atomic E-state index is 0.0834.